The lowest BCUT2D eigenvalue weighted by Crippen LogP contribution is -2.23. The molecule has 4 rings (SSSR count). The van der Waals surface area contributed by atoms with Gasteiger partial charge in [0.1, 0.15) is 0 Å². The van der Waals surface area contributed by atoms with Gasteiger partial charge in [-0.2, -0.15) is 0 Å². The van der Waals surface area contributed by atoms with E-state index in [4.69, 9.17) is 9.47 Å². The Bertz CT molecular complexity index is 1220. The fraction of sp³-hybridized carbons (Fsp3) is 0.174. The minimum atomic E-state index is -3.81. The fourth-order valence-corrected chi connectivity index (χ4v) is 4.25. The van der Waals surface area contributed by atoms with Gasteiger partial charge in [0.15, 0.2) is 11.5 Å². The molecule has 1 heterocycles. The lowest BCUT2D eigenvalue weighted by Gasteiger charge is -2.10. The van der Waals surface area contributed by atoms with E-state index in [2.05, 4.69) is 10.0 Å². The van der Waals surface area contributed by atoms with Crippen LogP contribution in [0.15, 0.2) is 71.6 Å². The van der Waals surface area contributed by atoms with Crippen molar-refractivity contribution in [2.75, 3.05) is 12.1 Å². The Morgan fingerprint density at radius 2 is 1.74 bits per heavy atom. The van der Waals surface area contributed by atoms with Crippen LogP contribution in [0.1, 0.15) is 28.4 Å². The number of carbonyl (C=O) groups is 1. The number of carbonyl (C=O) groups excluding carboxylic acids is 1. The highest BCUT2D eigenvalue weighted by Crippen LogP contribution is 2.32. The Balaban J connectivity index is 1.46. The highest BCUT2D eigenvalue weighted by molar-refractivity contribution is 7.89. The van der Waals surface area contributed by atoms with E-state index in [-0.39, 0.29) is 29.7 Å². The molecule has 0 fully saturated rings. The summed E-state index contributed by atoms with van der Waals surface area (Å²) in [6, 6.07) is 18.7. The van der Waals surface area contributed by atoms with Crippen molar-refractivity contribution in [2.45, 2.75) is 24.8 Å². The average molecular weight is 439 g/mol. The summed E-state index contributed by atoms with van der Waals surface area (Å²) in [5, 5.41) is 2.81. The largest absolute Gasteiger partial charge is 0.454 e. The van der Waals surface area contributed by atoms with E-state index in [0.717, 1.165) is 17.5 Å². The molecule has 7 nitrogen and oxygen atoms in total. The van der Waals surface area contributed by atoms with Crippen molar-refractivity contribution in [2.24, 2.45) is 0 Å². The van der Waals surface area contributed by atoms with Gasteiger partial charge in [0, 0.05) is 17.8 Å². The van der Waals surface area contributed by atoms with Crippen LogP contribution in [0.3, 0.4) is 0 Å². The molecule has 8 heteroatoms. The molecule has 0 aromatic heterocycles. The lowest BCUT2D eigenvalue weighted by atomic mass is 10.1. The van der Waals surface area contributed by atoms with Gasteiger partial charge >= 0.3 is 0 Å². The molecule has 0 aliphatic carbocycles. The van der Waals surface area contributed by atoms with Crippen LogP contribution in [0.2, 0.25) is 0 Å². The molecule has 0 unspecified atom stereocenters. The number of fused-ring (bicyclic) bond motifs is 1. The Hall–Kier alpha value is -3.36. The number of sulfonamides is 1. The molecular weight excluding hydrogens is 416 g/mol. The maximum absolute atomic E-state index is 12.8. The van der Waals surface area contributed by atoms with Crippen LogP contribution in [0.4, 0.5) is 5.69 Å². The monoisotopic (exact) mass is 438 g/mol. The highest BCUT2D eigenvalue weighted by Gasteiger charge is 2.18. The van der Waals surface area contributed by atoms with E-state index in [1.54, 1.807) is 36.4 Å². The predicted molar refractivity (Wildman–Crippen MR) is 117 cm³/mol. The van der Waals surface area contributed by atoms with Crippen molar-refractivity contribution in [1.82, 2.24) is 4.72 Å². The van der Waals surface area contributed by atoms with Gasteiger partial charge in [0.25, 0.3) is 5.91 Å². The maximum Gasteiger partial charge on any atom is 0.255 e. The molecule has 3 aromatic carbocycles. The van der Waals surface area contributed by atoms with E-state index < -0.39 is 10.0 Å². The van der Waals surface area contributed by atoms with Crippen LogP contribution in [0.25, 0.3) is 0 Å². The minimum absolute atomic E-state index is 0.0169. The van der Waals surface area contributed by atoms with Crippen LogP contribution in [0.5, 0.6) is 11.5 Å². The molecule has 1 amide bonds. The number of hydrogen-bond acceptors (Lipinski definition) is 5. The van der Waals surface area contributed by atoms with E-state index in [1.165, 1.54) is 12.1 Å². The topological polar surface area (TPSA) is 93.7 Å². The zero-order valence-corrected chi connectivity index (χ0v) is 17.7. The smallest absolute Gasteiger partial charge is 0.255 e. The first kappa shape index (κ1) is 20.9. The molecule has 0 radical (unpaired) electrons. The molecule has 2 N–H and O–H groups in total. The van der Waals surface area contributed by atoms with Gasteiger partial charge < -0.3 is 14.8 Å². The summed E-state index contributed by atoms with van der Waals surface area (Å²) in [6.07, 6.45) is 0.854. The Morgan fingerprint density at radius 1 is 0.935 bits per heavy atom. The first-order valence-corrected chi connectivity index (χ1v) is 11.3. The van der Waals surface area contributed by atoms with Crippen molar-refractivity contribution in [1.29, 1.82) is 0 Å². The molecule has 0 saturated heterocycles. The summed E-state index contributed by atoms with van der Waals surface area (Å²) >= 11 is 0. The quantitative estimate of drug-likeness (QED) is 0.587. The Morgan fingerprint density at radius 3 is 2.58 bits per heavy atom. The Labute approximate surface area is 181 Å². The molecule has 1 aliphatic rings. The number of rotatable bonds is 7. The second-order valence-corrected chi connectivity index (χ2v) is 8.82. The van der Waals surface area contributed by atoms with Gasteiger partial charge in [-0.3, -0.25) is 4.79 Å². The standard InChI is InChI=1S/C23H22N2O5S/c1-2-16-5-3-7-19(11-16)25-23(26)18-6-4-8-20(13-18)31(27,28)24-14-17-9-10-21-22(12-17)30-15-29-21/h3-13,24H,2,14-15H2,1H3,(H,25,26). The minimum Gasteiger partial charge on any atom is -0.454 e. The summed E-state index contributed by atoms with van der Waals surface area (Å²) in [4.78, 5) is 12.6. The summed E-state index contributed by atoms with van der Waals surface area (Å²) in [7, 11) is -3.81. The third-order valence-corrected chi connectivity index (χ3v) is 6.30. The average Bonchev–Trinajstić information content (AvgIpc) is 3.26. The van der Waals surface area contributed by atoms with Crippen LogP contribution in [-0.2, 0) is 23.0 Å². The number of ether oxygens (including phenoxy) is 2. The van der Waals surface area contributed by atoms with Gasteiger partial charge in [-0.25, -0.2) is 13.1 Å². The fourth-order valence-electron chi connectivity index (χ4n) is 3.19. The zero-order chi connectivity index (χ0) is 21.8. The molecule has 0 atom stereocenters. The van der Waals surface area contributed by atoms with E-state index in [9.17, 15) is 13.2 Å². The Kier molecular flexibility index (Phi) is 5.92. The summed E-state index contributed by atoms with van der Waals surface area (Å²) in [6.45, 7) is 2.27. The van der Waals surface area contributed by atoms with Gasteiger partial charge in [0.2, 0.25) is 16.8 Å². The van der Waals surface area contributed by atoms with Crippen LogP contribution in [0, 0.1) is 0 Å². The van der Waals surface area contributed by atoms with Crippen LogP contribution in [-0.4, -0.2) is 21.1 Å². The number of amides is 1. The lowest BCUT2D eigenvalue weighted by molar-refractivity contribution is 0.102. The molecule has 0 saturated carbocycles. The molecule has 0 bridgehead atoms. The SMILES string of the molecule is CCc1cccc(NC(=O)c2cccc(S(=O)(=O)NCc3ccc4c(c3)OCO4)c2)c1. The van der Waals surface area contributed by atoms with Crippen LogP contribution < -0.4 is 19.5 Å². The third-order valence-electron chi connectivity index (χ3n) is 4.90. The number of benzene rings is 3. The number of hydrogen-bond donors (Lipinski definition) is 2. The zero-order valence-electron chi connectivity index (χ0n) is 16.9. The molecule has 0 spiro atoms. The van der Waals surface area contributed by atoms with Crippen molar-refractivity contribution in [3.63, 3.8) is 0 Å². The highest BCUT2D eigenvalue weighted by atomic mass is 32.2. The van der Waals surface area contributed by atoms with Crippen molar-refractivity contribution in [3.8, 4) is 11.5 Å². The predicted octanol–water partition coefficient (Wildman–Crippen LogP) is 3.71. The first-order valence-electron chi connectivity index (χ1n) is 9.83. The number of aryl methyl sites for hydroxylation is 1. The van der Waals surface area contributed by atoms with Crippen molar-refractivity contribution in [3.05, 3.63) is 83.4 Å². The second kappa shape index (κ2) is 8.79. The summed E-state index contributed by atoms with van der Waals surface area (Å²) in [5.74, 6) is 0.846. The summed E-state index contributed by atoms with van der Waals surface area (Å²) in [5.41, 5.74) is 2.76. The van der Waals surface area contributed by atoms with Gasteiger partial charge in [-0.1, -0.05) is 31.2 Å². The van der Waals surface area contributed by atoms with Crippen LogP contribution >= 0.6 is 0 Å². The van der Waals surface area contributed by atoms with E-state index >= 15 is 0 Å². The molecule has 3 aromatic rings. The maximum atomic E-state index is 12.8. The van der Waals surface area contributed by atoms with Crippen molar-refractivity contribution >= 4 is 21.6 Å². The van der Waals surface area contributed by atoms with Gasteiger partial charge in [-0.05, 0) is 60.0 Å². The van der Waals surface area contributed by atoms with Gasteiger partial charge in [-0.15, -0.1) is 0 Å². The number of anilines is 1. The van der Waals surface area contributed by atoms with Gasteiger partial charge in [0.05, 0.1) is 4.90 Å². The number of nitrogens with one attached hydrogen (secondary N) is 2. The van der Waals surface area contributed by atoms with E-state index in [0.29, 0.717) is 17.2 Å². The molecule has 31 heavy (non-hydrogen) atoms. The van der Waals surface area contributed by atoms with E-state index in [1.807, 2.05) is 25.1 Å². The molecule has 160 valence electrons. The normalized spacial score (nSPS) is 12.5. The first-order chi connectivity index (χ1) is 14.9. The molecule has 1 aliphatic heterocycles. The second-order valence-electron chi connectivity index (χ2n) is 7.05. The third kappa shape index (κ3) is 4.87. The molecular formula is C23H22N2O5S. The van der Waals surface area contributed by atoms with Crippen molar-refractivity contribution < 1.29 is 22.7 Å². The summed E-state index contributed by atoms with van der Waals surface area (Å²) < 4.78 is 38.6.